The zero-order chi connectivity index (χ0) is 18.4. The fraction of sp³-hybridized carbons (Fsp3) is 0.786. The lowest BCUT2D eigenvalue weighted by Crippen LogP contribution is -2.49. The zero-order valence-corrected chi connectivity index (χ0v) is 16.3. The Morgan fingerprint density at radius 3 is 2.64 bits per heavy atom. The zero-order valence-electron chi connectivity index (χ0n) is 14.7. The van der Waals surface area contributed by atoms with E-state index in [1.807, 2.05) is 20.8 Å². The molecule has 1 aromatic rings. The van der Waals surface area contributed by atoms with Crippen LogP contribution in [0.5, 0.6) is 0 Å². The number of nitrogens with zero attached hydrogens (tertiary/aromatic N) is 3. The number of hydrogen-bond acceptors (Lipinski definition) is 7. The molecule has 1 aromatic heterocycles. The van der Waals surface area contributed by atoms with Crippen molar-refractivity contribution in [1.29, 1.82) is 0 Å². The van der Waals surface area contributed by atoms with E-state index in [0.29, 0.717) is 18.2 Å². The Morgan fingerprint density at radius 2 is 2.00 bits per heavy atom. The fourth-order valence-electron chi connectivity index (χ4n) is 2.54. The molecule has 0 aliphatic carbocycles. The Morgan fingerprint density at radius 1 is 1.32 bits per heavy atom. The van der Waals surface area contributed by atoms with Crippen LogP contribution in [0.3, 0.4) is 0 Å². The molecule has 2 heterocycles. The number of aromatic nitrogens is 2. The van der Waals surface area contributed by atoms with E-state index in [1.165, 1.54) is 15.6 Å². The maximum absolute atomic E-state index is 12.4. The molecule has 25 heavy (non-hydrogen) atoms. The van der Waals surface area contributed by atoms with Crippen molar-refractivity contribution in [2.75, 3.05) is 30.7 Å². The molecule has 0 saturated carbocycles. The summed E-state index contributed by atoms with van der Waals surface area (Å²) in [5, 5.41) is 14.2. The molecule has 2 N–H and O–H groups in total. The van der Waals surface area contributed by atoms with Crippen molar-refractivity contribution >= 4 is 32.5 Å². The van der Waals surface area contributed by atoms with Crippen molar-refractivity contribution in [2.24, 2.45) is 0 Å². The Kier molecular flexibility index (Phi) is 7.11. The summed E-state index contributed by atoms with van der Waals surface area (Å²) in [7, 11) is -3.44. The van der Waals surface area contributed by atoms with Gasteiger partial charge in [0.1, 0.15) is 5.01 Å². The van der Waals surface area contributed by atoms with Crippen LogP contribution in [0.25, 0.3) is 0 Å². The minimum Gasteiger partial charge on any atom is -0.373 e. The molecule has 1 aliphatic heterocycles. The fourth-order valence-corrected chi connectivity index (χ4v) is 4.87. The minimum absolute atomic E-state index is 0.0227. The maximum Gasteiger partial charge on any atom is 0.321 e. The van der Waals surface area contributed by atoms with Gasteiger partial charge in [0.15, 0.2) is 0 Å². The Labute approximate surface area is 152 Å². The molecule has 11 heteroatoms. The normalized spacial score (nSPS) is 21.9. The molecule has 9 nitrogen and oxygen atoms in total. The molecule has 2 rings (SSSR count). The van der Waals surface area contributed by atoms with Crippen LogP contribution in [-0.2, 0) is 21.2 Å². The van der Waals surface area contributed by atoms with Crippen molar-refractivity contribution in [1.82, 2.24) is 19.8 Å². The summed E-state index contributed by atoms with van der Waals surface area (Å²) >= 11 is 1.31. The van der Waals surface area contributed by atoms with E-state index >= 15 is 0 Å². The van der Waals surface area contributed by atoms with Gasteiger partial charge in [-0.05, 0) is 20.3 Å². The third-order valence-corrected chi connectivity index (χ3v) is 6.28. The Balaban J connectivity index is 1.77. The molecule has 2 amide bonds. The third-order valence-electron chi connectivity index (χ3n) is 3.58. The van der Waals surface area contributed by atoms with E-state index in [0.717, 1.165) is 17.8 Å². The molecule has 1 fully saturated rings. The lowest BCUT2D eigenvalue weighted by molar-refractivity contribution is -0.0440. The van der Waals surface area contributed by atoms with Crippen molar-refractivity contribution < 1.29 is 17.9 Å². The van der Waals surface area contributed by atoms with E-state index in [9.17, 15) is 13.2 Å². The van der Waals surface area contributed by atoms with Gasteiger partial charge in [0.25, 0.3) is 0 Å². The molecule has 0 radical (unpaired) electrons. The number of morpholine rings is 1. The quantitative estimate of drug-likeness (QED) is 0.718. The smallest absolute Gasteiger partial charge is 0.321 e. The number of sulfonamides is 1. The summed E-state index contributed by atoms with van der Waals surface area (Å²) in [4.78, 5) is 11.8. The number of rotatable bonds is 7. The van der Waals surface area contributed by atoms with Crippen LogP contribution in [0.1, 0.15) is 32.2 Å². The highest BCUT2D eigenvalue weighted by Gasteiger charge is 2.30. The van der Waals surface area contributed by atoms with E-state index < -0.39 is 16.1 Å². The molecule has 2 atom stereocenters. The third kappa shape index (κ3) is 6.17. The number of nitrogens with one attached hydrogen (secondary N) is 2. The topological polar surface area (TPSA) is 114 Å². The van der Waals surface area contributed by atoms with Crippen molar-refractivity contribution in [3.05, 3.63) is 5.01 Å². The largest absolute Gasteiger partial charge is 0.373 e. The van der Waals surface area contributed by atoms with Gasteiger partial charge in [0.2, 0.25) is 15.2 Å². The van der Waals surface area contributed by atoms with E-state index in [4.69, 9.17) is 4.74 Å². The highest BCUT2D eigenvalue weighted by molar-refractivity contribution is 7.89. The van der Waals surface area contributed by atoms with Gasteiger partial charge in [-0.25, -0.2) is 13.2 Å². The number of hydrogen-bond donors (Lipinski definition) is 2. The number of carbonyl (C=O) groups is 1. The van der Waals surface area contributed by atoms with Gasteiger partial charge >= 0.3 is 6.03 Å². The van der Waals surface area contributed by atoms with Gasteiger partial charge in [-0.2, -0.15) is 4.31 Å². The molecule has 2 unspecified atom stereocenters. The second-order valence-electron chi connectivity index (χ2n) is 6.02. The minimum atomic E-state index is -3.44. The lowest BCUT2D eigenvalue weighted by atomic mass is 10.3. The molecule has 0 bridgehead atoms. The predicted octanol–water partition coefficient (Wildman–Crippen LogP) is 1.05. The Bertz CT molecular complexity index is 669. The van der Waals surface area contributed by atoms with E-state index in [2.05, 4.69) is 20.8 Å². The summed E-state index contributed by atoms with van der Waals surface area (Å²) in [5.41, 5.74) is 0. The predicted molar refractivity (Wildman–Crippen MR) is 96.3 cm³/mol. The van der Waals surface area contributed by atoms with Gasteiger partial charge in [0.05, 0.1) is 18.0 Å². The first-order valence-corrected chi connectivity index (χ1v) is 10.7. The summed E-state index contributed by atoms with van der Waals surface area (Å²) in [5.74, 6) is -0.156. The van der Waals surface area contributed by atoms with Crippen LogP contribution < -0.4 is 10.6 Å². The number of ether oxygens (including phenoxy) is 1. The summed E-state index contributed by atoms with van der Waals surface area (Å²) in [6.45, 7) is 6.43. The van der Waals surface area contributed by atoms with Crippen LogP contribution in [0.2, 0.25) is 0 Å². The monoisotopic (exact) mass is 391 g/mol. The number of aryl methyl sites for hydroxylation is 1. The highest BCUT2D eigenvalue weighted by atomic mass is 32.2. The van der Waals surface area contributed by atoms with Gasteiger partial charge in [-0.3, -0.25) is 5.32 Å². The van der Waals surface area contributed by atoms with Crippen LogP contribution in [-0.4, -0.2) is 66.5 Å². The summed E-state index contributed by atoms with van der Waals surface area (Å²) in [6.07, 6.45) is 1.50. The lowest BCUT2D eigenvalue weighted by Gasteiger charge is -2.34. The van der Waals surface area contributed by atoms with Crippen LogP contribution in [0.15, 0.2) is 0 Å². The Hall–Kier alpha value is -1.30. The van der Waals surface area contributed by atoms with Crippen LogP contribution >= 0.6 is 11.3 Å². The molecule has 142 valence electrons. The first-order valence-electron chi connectivity index (χ1n) is 8.30. The van der Waals surface area contributed by atoms with E-state index in [-0.39, 0.29) is 24.5 Å². The van der Waals surface area contributed by atoms with Gasteiger partial charge in [0, 0.05) is 26.1 Å². The second kappa shape index (κ2) is 8.88. The molecule has 1 aliphatic rings. The highest BCUT2D eigenvalue weighted by Crippen LogP contribution is 2.16. The van der Waals surface area contributed by atoms with Crippen molar-refractivity contribution in [3.63, 3.8) is 0 Å². The van der Waals surface area contributed by atoms with Crippen molar-refractivity contribution in [2.45, 2.75) is 45.8 Å². The number of anilines is 1. The van der Waals surface area contributed by atoms with Crippen molar-refractivity contribution in [3.8, 4) is 0 Å². The van der Waals surface area contributed by atoms with Crippen LogP contribution in [0, 0.1) is 0 Å². The average Bonchev–Trinajstić information content (AvgIpc) is 2.93. The van der Waals surface area contributed by atoms with Crippen LogP contribution in [0.4, 0.5) is 9.93 Å². The molecule has 0 spiro atoms. The number of carbonyl (C=O) groups excluding carboxylic acids is 1. The van der Waals surface area contributed by atoms with Gasteiger partial charge in [-0.15, -0.1) is 10.2 Å². The number of amides is 2. The van der Waals surface area contributed by atoms with E-state index in [1.54, 1.807) is 0 Å². The van der Waals surface area contributed by atoms with Gasteiger partial charge < -0.3 is 10.1 Å². The first-order chi connectivity index (χ1) is 11.8. The average molecular weight is 392 g/mol. The summed E-state index contributed by atoms with van der Waals surface area (Å²) < 4.78 is 31.7. The maximum atomic E-state index is 12.4. The second-order valence-corrected chi connectivity index (χ2v) is 9.17. The first kappa shape index (κ1) is 20.0. The standard InChI is InChI=1S/C14H25N5O4S2/c1-4-5-12-17-18-14(24-12)16-13(20)15-6-7-25(21,22)19-8-10(2)23-11(3)9-19/h10-11H,4-9H2,1-3H3,(H2,15,16,18,20). The SMILES string of the molecule is CCCc1nnc(NC(=O)NCCS(=O)(=O)N2CC(C)OC(C)C2)s1. The molecule has 1 saturated heterocycles. The number of urea groups is 1. The van der Waals surface area contributed by atoms with Gasteiger partial charge in [-0.1, -0.05) is 18.3 Å². The molecular formula is C14H25N5O4S2. The summed E-state index contributed by atoms with van der Waals surface area (Å²) in [6, 6.07) is -0.488. The molecular weight excluding hydrogens is 366 g/mol. The molecule has 0 aromatic carbocycles.